The topological polar surface area (TPSA) is 63.6 Å². The van der Waals surface area contributed by atoms with Crippen molar-refractivity contribution in [1.29, 1.82) is 0 Å². The number of ketones is 1. The number of allylic oxidation sites excluding steroid dienone is 1. The Labute approximate surface area is 158 Å². The molecule has 0 heterocycles. The van der Waals surface area contributed by atoms with E-state index < -0.39 is 20.2 Å². The van der Waals surface area contributed by atoms with Crippen LogP contribution in [0.5, 0.6) is 5.75 Å². The molecule has 0 aliphatic rings. The average molecular weight is 377 g/mol. The minimum Gasteiger partial charge on any atom is -0.543 e. The molecule has 1 unspecified atom stereocenters. The van der Waals surface area contributed by atoms with Gasteiger partial charge in [0.05, 0.1) is 5.92 Å². The van der Waals surface area contributed by atoms with Gasteiger partial charge in [0.1, 0.15) is 5.75 Å². The van der Waals surface area contributed by atoms with E-state index in [-0.39, 0.29) is 10.8 Å². The van der Waals surface area contributed by atoms with E-state index in [0.717, 1.165) is 11.3 Å². The van der Waals surface area contributed by atoms with E-state index in [0.29, 0.717) is 19.3 Å². The lowest BCUT2D eigenvalue weighted by Crippen LogP contribution is -2.44. The van der Waals surface area contributed by atoms with Gasteiger partial charge in [-0.1, -0.05) is 45.9 Å². The summed E-state index contributed by atoms with van der Waals surface area (Å²) in [6.07, 6.45) is 4.82. The smallest absolute Gasteiger partial charge is 0.306 e. The monoisotopic (exact) mass is 376 g/mol. The fourth-order valence-corrected chi connectivity index (χ4v) is 3.15. The maximum atomic E-state index is 12.1. The molecule has 1 aromatic rings. The molecule has 0 radical (unpaired) electrons. The Morgan fingerprint density at radius 2 is 1.85 bits per heavy atom. The van der Waals surface area contributed by atoms with Crippen LogP contribution in [0.1, 0.15) is 52.5 Å². The third kappa shape index (κ3) is 6.79. The molecular formula is C21H32O4Si. The molecule has 0 aliphatic heterocycles. The minimum atomic E-state index is -1.95. The van der Waals surface area contributed by atoms with Gasteiger partial charge in [0.15, 0.2) is 5.78 Å². The second kappa shape index (κ2) is 9.17. The summed E-state index contributed by atoms with van der Waals surface area (Å²) in [4.78, 5) is 22.9. The highest BCUT2D eigenvalue weighted by molar-refractivity contribution is 6.74. The summed E-state index contributed by atoms with van der Waals surface area (Å²) in [6, 6.07) is 7.75. The van der Waals surface area contributed by atoms with Crippen LogP contribution >= 0.6 is 0 Å². The number of hydrogen-bond donors (Lipinski definition) is 1. The van der Waals surface area contributed by atoms with Crippen molar-refractivity contribution in [3.63, 3.8) is 0 Å². The average Bonchev–Trinajstić information content (AvgIpc) is 2.52. The van der Waals surface area contributed by atoms with Gasteiger partial charge in [0, 0.05) is 12.0 Å². The molecule has 0 aliphatic carbocycles. The number of carboxylic acids is 1. The van der Waals surface area contributed by atoms with Crippen molar-refractivity contribution in [2.75, 3.05) is 0 Å². The lowest BCUT2D eigenvalue weighted by Gasteiger charge is -2.36. The lowest BCUT2D eigenvalue weighted by molar-refractivity contribution is -0.141. The Morgan fingerprint density at radius 1 is 1.23 bits per heavy atom. The highest BCUT2D eigenvalue weighted by Crippen LogP contribution is 2.38. The summed E-state index contributed by atoms with van der Waals surface area (Å²) in [6.45, 7) is 12.6. The molecule has 5 heteroatoms. The first-order valence-corrected chi connectivity index (χ1v) is 12.1. The Hall–Kier alpha value is -1.88. The van der Waals surface area contributed by atoms with E-state index in [1.165, 1.54) is 0 Å². The van der Waals surface area contributed by atoms with E-state index in [9.17, 15) is 9.59 Å². The van der Waals surface area contributed by atoms with Crippen molar-refractivity contribution in [1.82, 2.24) is 0 Å². The standard InChI is InChI=1S/C21H32O4Si/c1-16(20(23)24)10-9-12-18(22)15-14-17-11-7-8-13-19(17)25-26(5,6)21(2,3)4/h7-8,11,13-16H,9-10,12H2,1-6H3,(H,23,24). The van der Waals surface area contributed by atoms with E-state index in [1.54, 1.807) is 19.1 Å². The molecule has 0 amide bonds. The van der Waals surface area contributed by atoms with Gasteiger partial charge in [-0.2, -0.15) is 0 Å². The van der Waals surface area contributed by atoms with E-state index >= 15 is 0 Å². The summed E-state index contributed by atoms with van der Waals surface area (Å²) in [5.74, 6) is -0.414. The van der Waals surface area contributed by atoms with Crippen LogP contribution < -0.4 is 4.43 Å². The zero-order valence-corrected chi connectivity index (χ0v) is 17.8. The third-order valence-electron chi connectivity index (χ3n) is 5.02. The van der Waals surface area contributed by atoms with Crippen molar-refractivity contribution in [3.8, 4) is 5.75 Å². The fourth-order valence-electron chi connectivity index (χ4n) is 2.11. The van der Waals surface area contributed by atoms with Gasteiger partial charge in [-0.25, -0.2) is 0 Å². The molecule has 0 aromatic heterocycles. The van der Waals surface area contributed by atoms with Crippen LogP contribution in [0, 0.1) is 5.92 Å². The Kier molecular flexibility index (Phi) is 7.81. The number of rotatable bonds is 9. The second-order valence-electron chi connectivity index (χ2n) is 8.33. The molecule has 1 aromatic carbocycles. The summed E-state index contributed by atoms with van der Waals surface area (Å²) in [5.41, 5.74) is 0.893. The van der Waals surface area contributed by atoms with Crippen LogP contribution in [0.3, 0.4) is 0 Å². The first kappa shape index (κ1) is 22.2. The normalized spacial score (nSPS) is 13.6. The van der Waals surface area contributed by atoms with Crippen molar-refractivity contribution < 1.29 is 19.1 Å². The van der Waals surface area contributed by atoms with Gasteiger partial charge >= 0.3 is 5.97 Å². The molecule has 1 atom stereocenters. The van der Waals surface area contributed by atoms with E-state index in [4.69, 9.17) is 9.53 Å². The maximum absolute atomic E-state index is 12.1. The number of para-hydroxylation sites is 1. The van der Waals surface area contributed by atoms with Crippen LogP contribution in [-0.4, -0.2) is 25.2 Å². The lowest BCUT2D eigenvalue weighted by atomic mass is 10.0. The first-order chi connectivity index (χ1) is 11.9. The molecule has 0 spiro atoms. The largest absolute Gasteiger partial charge is 0.543 e. The maximum Gasteiger partial charge on any atom is 0.306 e. The summed E-state index contributed by atoms with van der Waals surface area (Å²) >= 11 is 0. The third-order valence-corrected chi connectivity index (χ3v) is 9.36. The van der Waals surface area contributed by atoms with Crippen LogP contribution in [0.15, 0.2) is 30.3 Å². The Balaban J connectivity index is 2.74. The van der Waals surface area contributed by atoms with Gasteiger partial charge in [-0.05, 0) is 49.2 Å². The predicted molar refractivity (Wildman–Crippen MR) is 109 cm³/mol. The van der Waals surface area contributed by atoms with Crippen LogP contribution in [0.25, 0.3) is 6.08 Å². The highest BCUT2D eigenvalue weighted by Gasteiger charge is 2.39. The number of carboxylic acid groups (broad SMARTS) is 1. The molecule has 0 saturated heterocycles. The SMILES string of the molecule is CC(CCCC(=O)C=Cc1ccccc1O[Si](C)(C)C(C)(C)C)C(=O)O. The zero-order chi connectivity index (χ0) is 20.0. The van der Waals surface area contributed by atoms with Crippen LogP contribution in [0.2, 0.25) is 18.1 Å². The number of benzene rings is 1. The quantitative estimate of drug-likeness (QED) is 0.454. The van der Waals surface area contributed by atoms with Crippen LogP contribution in [0.4, 0.5) is 0 Å². The highest BCUT2D eigenvalue weighted by atomic mass is 28.4. The second-order valence-corrected chi connectivity index (χ2v) is 13.1. The minimum absolute atomic E-state index is 0.00437. The Bertz CT molecular complexity index is 656. The predicted octanol–water partition coefficient (Wildman–Crippen LogP) is 5.54. The summed E-state index contributed by atoms with van der Waals surface area (Å²) in [5, 5.41) is 8.97. The van der Waals surface area contributed by atoms with Gasteiger partial charge in [-0.3, -0.25) is 9.59 Å². The van der Waals surface area contributed by atoms with Crippen molar-refractivity contribution in [3.05, 3.63) is 35.9 Å². The molecule has 26 heavy (non-hydrogen) atoms. The van der Waals surface area contributed by atoms with Crippen molar-refractivity contribution >= 4 is 26.1 Å². The zero-order valence-electron chi connectivity index (χ0n) is 16.8. The number of carbonyl (C=O) groups is 2. The molecule has 1 rings (SSSR count). The molecule has 0 fully saturated rings. The van der Waals surface area contributed by atoms with Gasteiger partial charge in [0.25, 0.3) is 8.32 Å². The number of aliphatic carboxylic acids is 1. The van der Waals surface area contributed by atoms with Crippen molar-refractivity contribution in [2.24, 2.45) is 5.92 Å². The number of carbonyl (C=O) groups excluding carboxylic acids is 1. The molecule has 0 bridgehead atoms. The van der Waals surface area contributed by atoms with Gasteiger partial charge in [-0.15, -0.1) is 0 Å². The molecular weight excluding hydrogens is 344 g/mol. The number of hydrogen-bond acceptors (Lipinski definition) is 3. The summed E-state index contributed by atoms with van der Waals surface area (Å²) in [7, 11) is -1.95. The van der Waals surface area contributed by atoms with Crippen LogP contribution in [-0.2, 0) is 9.59 Å². The molecule has 0 saturated carbocycles. The van der Waals surface area contributed by atoms with Gasteiger partial charge < -0.3 is 9.53 Å². The van der Waals surface area contributed by atoms with E-state index in [2.05, 4.69) is 33.9 Å². The van der Waals surface area contributed by atoms with Gasteiger partial charge in [0.2, 0.25) is 0 Å². The molecule has 144 valence electrons. The molecule has 1 N–H and O–H groups in total. The fraction of sp³-hybridized carbons (Fsp3) is 0.524. The van der Waals surface area contributed by atoms with E-state index in [1.807, 2.05) is 24.3 Å². The van der Waals surface area contributed by atoms with Crippen molar-refractivity contribution in [2.45, 2.75) is 65.1 Å². The molecule has 4 nitrogen and oxygen atoms in total. The Morgan fingerprint density at radius 3 is 2.42 bits per heavy atom. The first-order valence-electron chi connectivity index (χ1n) is 9.16. The summed E-state index contributed by atoms with van der Waals surface area (Å²) < 4.78 is 6.38.